The fourth-order valence-corrected chi connectivity index (χ4v) is 4.22. The summed E-state index contributed by atoms with van der Waals surface area (Å²) in [5.74, 6) is 0.669. The molecule has 1 aromatic rings. The van der Waals surface area contributed by atoms with Crippen LogP contribution in [0.3, 0.4) is 0 Å². The number of anilines is 2. The molecule has 1 saturated heterocycles. The summed E-state index contributed by atoms with van der Waals surface area (Å²) < 4.78 is 13.4. The summed E-state index contributed by atoms with van der Waals surface area (Å²) in [6.45, 7) is 3.56. The number of hydrogen-bond acceptors (Lipinski definition) is 3. The van der Waals surface area contributed by atoms with Gasteiger partial charge in [-0.2, -0.15) is 0 Å². The van der Waals surface area contributed by atoms with E-state index in [2.05, 4.69) is 10.2 Å². The molecule has 2 aliphatic rings. The predicted molar refractivity (Wildman–Crippen MR) is 99.7 cm³/mol. The fourth-order valence-electron chi connectivity index (χ4n) is 4.22. The number of nitrogens with two attached hydrogens (primary N) is 1. The van der Waals surface area contributed by atoms with Crippen LogP contribution in [0.4, 0.5) is 15.8 Å². The summed E-state index contributed by atoms with van der Waals surface area (Å²) >= 11 is 0. The Morgan fingerprint density at radius 3 is 2.38 bits per heavy atom. The molecule has 1 aliphatic carbocycles. The highest BCUT2D eigenvalue weighted by Gasteiger charge is 2.22. The topological polar surface area (TPSA) is 41.3 Å². The fraction of sp³-hybridized carbons (Fsp3) is 0.700. The molecular formula is C20H32FN3. The number of nitrogen functional groups attached to an aromatic ring is 1. The molecule has 3 nitrogen and oxygen atoms in total. The summed E-state index contributed by atoms with van der Waals surface area (Å²) in [5.41, 5.74) is 7.32. The van der Waals surface area contributed by atoms with Crippen molar-refractivity contribution in [2.45, 2.75) is 63.8 Å². The molecule has 3 N–H and O–H groups in total. The first kappa shape index (κ1) is 17.5. The lowest BCUT2D eigenvalue weighted by atomic mass is 9.90. The molecule has 1 saturated carbocycles. The lowest BCUT2D eigenvalue weighted by Gasteiger charge is -2.35. The molecule has 0 radical (unpaired) electrons. The second-order valence-corrected chi connectivity index (χ2v) is 7.66. The van der Waals surface area contributed by atoms with Crippen molar-refractivity contribution in [1.82, 2.24) is 4.90 Å². The first-order valence-electron chi connectivity index (χ1n) is 9.74. The van der Waals surface area contributed by atoms with Crippen LogP contribution in [0, 0.1) is 11.7 Å². The lowest BCUT2D eigenvalue weighted by molar-refractivity contribution is 0.173. The molecular weight excluding hydrogens is 301 g/mol. The maximum Gasteiger partial charge on any atom is 0.125 e. The highest BCUT2D eigenvalue weighted by Crippen LogP contribution is 2.26. The van der Waals surface area contributed by atoms with E-state index in [4.69, 9.17) is 5.73 Å². The second kappa shape index (κ2) is 8.70. The maximum atomic E-state index is 13.4. The Balaban J connectivity index is 1.44. The van der Waals surface area contributed by atoms with Crippen LogP contribution in [-0.2, 0) is 0 Å². The molecule has 24 heavy (non-hydrogen) atoms. The zero-order chi connectivity index (χ0) is 16.8. The Morgan fingerprint density at radius 1 is 1.00 bits per heavy atom. The van der Waals surface area contributed by atoms with E-state index in [9.17, 15) is 4.39 Å². The van der Waals surface area contributed by atoms with Gasteiger partial charge in [-0.1, -0.05) is 32.1 Å². The Morgan fingerprint density at radius 2 is 1.67 bits per heavy atom. The SMILES string of the molecule is Nc1ccc(F)cc1NC1CCN(CC2CCCCCCC2)CC1. The number of halogens is 1. The highest BCUT2D eigenvalue weighted by atomic mass is 19.1. The number of likely N-dealkylation sites (tertiary alicyclic amines) is 1. The molecule has 0 amide bonds. The number of benzene rings is 1. The summed E-state index contributed by atoms with van der Waals surface area (Å²) in [4.78, 5) is 2.64. The van der Waals surface area contributed by atoms with Gasteiger partial charge in [0, 0.05) is 25.7 Å². The van der Waals surface area contributed by atoms with Crippen molar-refractivity contribution >= 4 is 11.4 Å². The third kappa shape index (κ3) is 5.10. The Labute approximate surface area is 145 Å². The van der Waals surface area contributed by atoms with Gasteiger partial charge < -0.3 is 16.0 Å². The van der Waals surface area contributed by atoms with Gasteiger partial charge in [0.2, 0.25) is 0 Å². The molecule has 3 rings (SSSR count). The summed E-state index contributed by atoms with van der Waals surface area (Å²) in [6.07, 6.45) is 12.2. The van der Waals surface area contributed by atoms with Gasteiger partial charge in [0.25, 0.3) is 0 Å². The zero-order valence-corrected chi connectivity index (χ0v) is 14.8. The van der Waals surface area contributed by atoms with Crippen molar-refractivity contribution in [3.8, 4) is 0 Å². The van der Waals surface area contributed by atoms with E-state index in [-0.39, 0.29) is 5.82 Å². The number of rotatable bonds is 4. The van der Waals surface area contributed by atoms with Gasteiger partial charge in [-0.15, -0.1) is 0 Å². The van der Waals surface area contributed by atoms with Crippen LogP contribution in [-0.4, -0.2) is 30.6 Å². The van der Waals surface area contributed by atoms with Gasteiger partial charge in [-0.25, -0.2) is 4.39 Å². The Kier molecular flexibility index (Phi) is 6.36. The third-order valence-electron chi connectivity index (χ3n) is 5.70. The van der Waals surface area contributed by atoms with Crippen molar-refractivity contribution < 1.29 is 4.39 Å². The van der Waals surface area contributed by atoms with E-state index >= 15 is 0 Å². The highest BCUT2D eigenvalue weighted by molar-refractivity contribution is 5.66. The smallest absolute Gasteiger partial charge is 0.125 e. The van der Waals surface area contributed by atoms with Crippen LogP contribution in [0.15, 0.2) is 18.2 Å². The van der Waals surface area contributed by atoms with Crippen LogP contribution in [0.25, 0.3) is 0 Å². The number of nitrogens with zero attached hydrogens (tertiary/aromatic N) is 1. The zero-order valence-electron chi connectivity index (χ0n) is 14.8. The molecule has 1 aliphatic heterocycles. The minimum absolute atomic E-state index is 0.228. The average Bonchev–Trinajstić information content (AvgIpc) is 2.55. The minimum atomic E-state index is -0.228. The van der Waals surface area contributed by atoms with Crippen LogP contribution in [0.5, 0.6) is 0 Å². The van der Waals surface area contributed by atoms with Crippen LogP contribution < -0.4 is 11.1 Å². The second-order valence-electron chi connectivity index (χ2n) is 7.66. The first-order valence-corrected chi connectivity index (χ1v) is 9.74. The minimum Gasteiger partial charge on any atom is -0.397 e. The molecule has 1 heterocycles. The van der Waals surface area contributed by atoms with Gasteiger partial charge in [-0.3, -0.25) is 0 Å². The Bertz CT molecular complexity index is 504. The monoisotopic (exact) mass is 333 g/mol. The largest absolute Gasteiger partial charge is 0.397 e. The van der Waals surface area contributed by atoms with Crippen molar-refractivity contribution in [2.75, 3.05) is 30.7 Å². The standard InChI is InChI=1S/C20H32FN3/c21-17-8-9-19(22)20(14-17)23-18-10-12-24(13-11-18)15-16-6-4-2-1-3-5-7-16/h8-9,14,16,18,23H,1-7,10-13,15,22H2. The molecule has 0 atom stereocenters. The molecule has 0 bridgehead atoms. The number of piperidine rings is 1. The van der Waals surface area contributed by atoms with Crippen molar-refractivity contribution in [3.63, 3.8) is 0 Å². The van der Waals surface area contributed by atoms with Gasteiger partial charge in [0.05, 0.1) is 11.4 Å². The van der Waals surface area contributed by atoms with Gasteiger partial charge in [-0.05, 0) is 49.8 Å². The normalized spacial score (nSPS) is 22.0. The number of hydrogen-bond donors (Lipinski definition) is 2. The van der Waals surface area contributed by atoms with Crippen molar-refractivity contribution in [3.05, 3.63) is 24.0 Å². The summed E-state index contributed by atoms with van der Waals surface area (Å²) in [5, 5.41) is 3.44. The van der Waals surface area contributed by atoms with E-state index in [1.807, 2.05) is 0 Å². The van der Waals surface area contributed by atoms with Crippen molar-refractivity contribution in [1.29, 1.82) is 0 Å². The van der Waals surface area contributed by atoms with E-state index in [0.29, 0.717) is 11.7 Å². The van der Waals surface area contributed by atoms with Crippen molar-refractivity contribution in [2.24, 2.45) is 5.92 Å². The quantitative estimate of drug-likeness (QED) is 0.788. The molecule has 0 aromatic heterocycles. The van der Waals surface area contributed by atoms with Crippen LogP contribution in [0.1, 0.15) is 57.8 Å². The van der Waals surface area contributed by atoms with E-state index in [0.717, 1.165) is 37.5 Å². The van der Waals surface area contributed by atoms with Crippen LogP contribution >= 0.6 is 0 Å². The predicted octanol–water partition coefficient (Wildman–Crippen LogP) is 4.64. The molecule has 1 aromatic carbocycles. The lowest BCUT2D eigenvalue weighted by Crippen LogP contribution is -2.41. The van der Waals surface area contributed by atoms with E-state index < -0.39 is 0 Å². The molecule has 134 valence electrons. The maximum absolute atomic E-state index is 13.4. The average molecular weight is 333 g/mol. The first-order chi connectivity index (χ1) is 11.7. The molecule has 0 unspecified atom stereocenters. The van der Waals surface area contributed by atoms with Gasteiger partial charge in [0.1, 0.15) is 5.82 Å². The van der Waals surface area contributed by atoms with Gasteiger partial charge >= 0.3 is 0 Å². The molecule has 4 heteroatoms. The van der Waals surface area contributed by atoms with E-state index in [1.54, 1.807) is 6.07 Å². The third-order valence-corrected chi connectivity index (χ3v) is 5.70. The molecule has 0 spiro atoms. The number of nitrogens with one attached hydrogen (secondary N) is 1. The summed E-state index contributed by atoms with van der Waals surface area (Å²) in [6, 6.07) is 4.97. The summed E-state index contributed by atoms with van der Waals surface area (Å²) in [7, 11) is 0. The van der Waals surface area contributed by atoms with Crippen LogP contribution in [0.2, 0.25) is 0 Å². The molecule has 2 fully saturated rings. The van der Waals surface area contributed by atoms with E-state index in [1.165, 1.54) is 63.6 Å². The van der Waals surface area contributed by atoms with Gasteiger partial charge in [0.15, 0.2) is 0 Å². The Hall–Kier alpha value is -1.29.